The van der Waals surface area contributed by atoms with Gasteiger partial charge < -0.3 is 19.1 Å². The average molecular weight is 553 g/mol. The maximum atomic E-state index is 13.3. The van der Waals surface area contributed by atoms with Gasteiger partial charge in [0.2, 0.25) is 0 Å². The van der Waals surface area contributed by atoms with Crippen molar-refractivity contribution >= 4 is 11.6 Å². The van der Waals surface area contributed by atoms with E-state index in [-0.39, 0.29) is 29.8 Å². The molecule has 3 aromatic rings. The smallest absolute Gasteiger partial charge is 0.416 e. The second-order valence-electron chi connectivity index (χ2n) is 9.72. The maximum absolute atomic E-state index is 13.3. The van der Waals surface area contributed by atoms with Gasteiger partial charge in [0.25, 0.3) is 5.91 Å². The van der Waals surface area contributed by atoms with Crippen LogP contribution in [0, 0.1) is 0 Å². The predicted octanol–water partition coefficient (Wildman–Crippen LogP) is 5.62. The van der Waals surface area contributed by atoms with Crippen molar-refractivity contribution in [2.75, 3.05) is 38.2 Å². The lowest BCUT2D eigenvalue weighted by molar-refractivity contribution is -0.143. The SMILES string of the molecule is COc1ccccc1N1CCN(C(=O)c2cn3c(n2)CCC(c2cc(C(F)(F)F)cc(C(F)(F)F)c2)C3)CC1. The first-order valence-electron chi connectivity index (χ1n) is 12.5. The number of benzene rings is 2. The molecule has 0 spiro atoms. The number of fused-ring (bicyclic) bond motifs is 1. The van der Waals surface area contributed by atoms with E-state index in [9.17, 15) is 31.1 Å². The highest BCUT2D eigenvalue weighted by Gasteiger charge is 2.38. The molecule has 0 bridgehead atoms. The van der Waals surface area contributed by atoms with Crippen molar-refractivity contribution in [3.05, 3.63) is 76.9 Å². The minimum atomic E-state index is -4.90. The molecular formula is C27H26F6N4O2. The Morgan fingerprint density at radius 2 is 1.59 bits per heavy atom. The summed E-state index contributed by atoms with van der Waals surface area (Å²) in [5, 5.41) is 0. The highest BCUT2D eigenvalue weighted by Crippen LogP contribution is 2.39. The van der Waals surface area contributed by atoms with Gasteiger partial charge in [-0.2, -0.15) is 26.3 Å². The van der Waals surface area contributed by atoms with Crippen molar-refractivity contribution in [1.29, 1.82) is 0 Å². The lowest BCUT2D eigenvalue weighted by Crippen LogP contribution is -2.49. The van der Waals surface area contributed by atoms with Crippen molar-refractivity contribution < 1.29 is 35.9 Å². The van der Waals surface area contributed by atoms with E-state index in [4.69, 9.17) is 4.74 Å². The number of halogens is 6. The number of piperazine rings is 1. The number of alkyl halides is 6. The molecule has 1 saturated heterocycles. The number of hydrogen-bond acceptors (Lipinski definition) is 4. The van der Waals surface area contributed by atoms with Crippen LogP contribution in [0.15, 0.2) is 48.7 Å². The lowest BCUT2D eigenvalue weighted by atomic mass is 9.89. The minimum Gasteiger partial charge on any atom is -0.495 e. The molecule has 1 aromatic heterocycles. The van der Waals surface area contributed by atoms with Gasteiger partial charge >= 0.3 is 12.4 Å². The van der Waals surface area contributed by atoms with E-state index in [0.29, 0.717) is 44.8 Å². The number of carbonyl (C=O) groups is 1. The van der Waals surface area contributed by atoms with Crippen LogP contribution in [0.4, 0.5) is 32.0 Å². The Bertz CT molecular complexity index is 1330. The van der Waals surface area contributed by atoms with Gasteiger partial charge in [-0.05, 0) is 42.3 Å². The van der Waals surface area contributed by atoms with Crippen LogP contribution in [0.3, 0.4) is 0 Å². The molecule has 1 amide bonds. The topological polar surface area (TPSA) is 50.6 Å². The van der Waals surface area contributed by atoms with Crippen molar-refractivity contribution in [2.24, 2.45) is 0 Å². The molecule has 2 aliphatic rings. The van der Waals surface area contributed by atoms with Crippen LogP contribution in [-0.4, -0.2) is 53.6 Å². The van der Waals surface area contributed by atoms with Gasteiger partial charge in [-0.3, -0.25) is 4.79 Å². The van der Waals surface area contributed by atoms with Crippen molar-refractivity contribution in [3.8, 4) is 5.75 Å². The molecule has 0 radical (unpaired) electrons. The third-order valence-electron chi connectivity index (χ3n) is 7.29. The lowest BCUT2D eigenvalue weighted by Gasteiger charge is -2.36. The normalized spacial score (nSPS) is 18.2. The zero-order valence-corrected chi connectivity index (χ0v) is 21.0. The number of hydrogen-bond donors (Lipinski definition) is 0. The third-order valence-corrected chi connectivity index (χ3v) is 7.29. The Labute approximate surface area is 220 Å². The van der Waals surface area contributed by atoms with Gasteiger partial charge in [-0.15, -0.1) is 0 Å². The van der Waals surface area contributed by atoms with Gasteiger partial charge in [0.05, 0.1) is 23.9 Å². The van der Waals surface area contributed by atoms with Crippen molar-refractivity contribution in [3.63, 3.8) is 0 Å². The van der Waals surface area contributed by atoms with E-state index in [0.717, 1.165) is 23.6 Å². The summed E-state index contributed by atoms with van der Waals surface area (Å²) < 4.78 is 87.1. The molecule has 2 aromatic carbocycles. The summed E-state index contributed by atoms with van der Waals surface area (Å²) in [5.41, 5.74) is -1.52. The molecule has 12 heteroatoms. The Balaban J connectivity index is 1.30. The van der Waals surface area contributed by atoms with Crippen LogP contribution in [0.1, 0.15) is 45.3 Å². The monoisotopic (exact) mass is 552 g/mol. The summed E-state index contributed by atoms with van der Waals surface area (Å²) in [6, 6.07) is 9.35. The Hall–Kier alpha value is -3.70. The van der Waals surface area contributed by atoms with Crippen LogP contribution in [-0.2, 0) is 25.3 Å². The molecule has 0 N–H and O–H groups in total. The molecule has 1 atom stereocenters. The zero-order valence-electron chi connectivity index (χ0n) is 21.0. The Morgan fingerprint density at radius 3 is 2.21 bits per heavy atom. The molecule has 1 unspecified atom stereocenters. The molecule has 0 aliphatic carbocycles. The number of rotatable bonds is 4. The molecule has 208 valence electrons. The quantitative estimate of drug-likeness (QED) is 0.395. The second kappa shape index (κ2) is 10.1. The summed E-state index contributed by atoms with van der Waals surface area (Å²) in [6.45, 7) is 2.26. The fourth-order valence-corrected chi connectivity index (χ4v) is 5.24. The number of carbonyl (C=O) groups excluding carboxylic acids is 1. The molecule has 39 heavy (non-hydrogen) atoms. The maximum Gasteiger partial charge on any atom is 0.416 e. The number of anilines is 1. The van der Waals surface area contributed by atoms with Crippen LogP contribution in [0.25, 0.3) is 0 Å². The second-order valence-corrected chi connectivity index (χ2v) is 9.72. The van der Waals surface area contributed by atoms with E-state index in [2.05, 4.69) is 9.88 Å². The molecule has 3 heterocycles. The molecule has 0 saturated carbocycles. The highest BCUT2D eigenvalue weighted by molar-refractivity contribution is 5.92. The largest absolute Gasteiger partial charge is 0.495 e. The average Bonchev–Trinajstić information content (AvgIpc) is 3.35. The van der Waals surface area contributed by atoms with E-state index in [1.54, 1.807) is 22.8 Å². The van der Waals surface area contributed by atoms with Gasteiger partial charge in [0.15, 0.2) is 0 Å². The number of nitrogens with zero attached hydrogens (tertiary/aromatic N) is 4. The van der Waals surface area contributed by atoms with Crippen molar-refractivity contribution in [2.45, 2.75) is 37.7 Å². The zero-order chi connectivity index (χ0) is 27.9. The van der Waals surface area contributed by atoms with Gasteiger partial charge in [0.1, 0.15) is 17.3 Å². The number of methoxy groups -OCH3 is 1. The number of ether oxygens (including phenoxy) is 1. The molecule has 1 fully saturated rings. The van der Waals surface area contributed by atoms with E-state index in [1.807, 2.05) is 24.3 Å². The summed E-state index contributed by atoms with van der Waals surface area (Å²) in [6.07, 6.45) is -7.60. The summed E-state index contributed by atoms with van der Waals surface area (Å²) in [5.74, 6) is 0.496. The minimum absolute atomic E-state index is 0.0307. The highest BCUT2D eigenvalue weighted by atomic mass is 19.4. The third kappa shape index (κ3) is 5.55. The van der Waals surface area contributed by atoms with E-state index in [1.165, 1.54) is 0 Å². The molecule has 5 rings (SSSR count). The summed E-state index contributed by atoms with van der Waals surface area (Å²) in [7, 11) is 1.60. The van der Waals surface area contributed by atoms with Crippen LogP contribution >= 0.6 is 0 Å². The van der Waals surface area contributed by atoms with E-state index >= 15 is 0 Å². The standard InChI is InChI=1S/C27H26F6N4O2/c1-39-23-5-3-2-4-22(23)35-8-10-36(11-9-35)25(38)21-16-37-15-17(6-7-24(37)34-21)18-12-19(26(28,29)30)14-20(13-18)27(31,32)33/h2-5,12-14,16-17H,6-11,15H2,1H3. The number of para-hydroxylation sites is 2. The van der Waals surface area contributed by atoms with Crippen LogP contribution in [0.5, 0.6) is 5.75 Å². The Kier molecular flexibility index (Phi) is 6.98. The number of imidazole rings is 1. The van der Waals surface area contributed by atoms with Gasteiger partial charge in [0, 0.05) is 51.3 Å². The first-order valence-corrected chi connectivity index (χ1v) is 12.5. The Morgan fingerprint density at radius 1 is 0.949 bits per heavy atom. The first kappa shape index (κ1) is 26.9. The van der Waals surface area contributed by atoms with Gasteiger partial charge in [-0.25, -0.2) is 4.98 Å². The van der Waals surface area contributed by atoms with E-state index < -0.39 is 29.4 Å². The fourth-order valence-electron chi connectivity index (χ4n) is 5.24. The summed E-state index contributed by atoms with van der Waals surface area (Å²) >= 11 is 0. The van der Waals surface area contributed by atoms with Crippen molar-refractivity contribution in [1.82, 2.24) is 14.5 Å². The number of aryl methyl sites for hydroxylation is 1. The van der Waals surface area contributed by atoms with Gasteiger partial charge in [-0.1, -0.05) is 12.1 Å². The summed E-state index contributed by atoms with van der Waals surface area (Å²) in [4.78, 5) is 21.5. The van der Waals surface area contributed by atoms with Crippen LogP contribution in [0.2, 0.25) is 0 Å². The number of amides is 1. The first-order chi connectivity index (χ1) is 18.4. The predicted molar refractivity (Wildman–Crippen MR) is 131 cm³/mol. The number of aromatic nitrogens is 2. The molecular weight excluding hydrogens is 526 g/mol. The van der Waals surface area contributed by atoms with Crippen LogP contribution < -0.4 is 9.64 Å². The fraction of sp³-hybridized carbons (Fsp3) is 0.407. The molecule has 6 nitrogen and oxygen atoms in total. The molecule has 2 aliphatic heterocycles.